The number of halogens is 1. The Kier molecular flexibility index (Phi) is 2.63. The van der Waals surface area contributed by atoms with Crippen molar-refractivity contribution in [3.63, 3.8) is 0 Å². The van der Waals surface area contributed by atoms with Gasteiger partial charge in [-0.25, -0.2) is 0 Å². The Morgan fingerprint density at radius 2 is 1.50 bits per heavy atom. The maximum absolute atomic E-state index is 3.67. The molecule has 3 heteroatoms. The van der Waals surface area contributed by atoms with E-state index in [9.17, 15) is 0 Å². The van der Waals surface area contributed by atoms with Crippen LogP contribution in [-0.2, 0) is 0 Å². The van der Waals surface area contributed by atoms with Gasteiger partial charge in [-0.2, -0.15) is 0 Å². The van der Waals surface area contributed by atoms with Crippen LogP contribution in [0.3, 0.4) is 0 Å². The third-order valence-electron chi connectivity index (χ3n) is 1.59. The maximum atomic E-state index is 3.67. The van der Waals surface area contributed by atoms with E-state index < -0.39 is 0 Å². The molecule has 62 valence electrons. The quantitative estimate of drug-likeness (QED) is 0.705. The molecule has 0 N–H and O–H groups in total. The van der Waals surface area contributed by atoms with Crippen LogP contribution in [0.2, 0.25) is 0 Å². The molecule has 0 spiro atoms. The van der Waals surface area contributed by atoms with Gasteiger partial charge in [-0.15, -0.1) is 22.7 Å². The molecule has 0 nitrogen and oxygen atoms in total. The first-order valence-corrected chi connectivity index (χ1v) is 6.26. The molecule has 12 heavy (non-hydrogen) atoms. The summed E-state index contributed by atoms with van der Waals surface area (Å²) in [5, 5.41) is 4.22. The number of hydrogen-bond acceptors (Lipinski definition) is 2. The lowest BCUT2D eigenvalue weighted by atomic mass is 10.3. The number of rotatable bonds is 2. The summed E-state index contributed by atoms with van der Waals surface area (Å²) < 4.78 is 0. The topological polar surface area (TPSA) is 0 Å². The Balaban J connectivity index is 2.27. The average Bonchev–Trinajstić information content (AvgIpc) is 2.77. The van der Waals surface area contributed by atoms with E-state index in [4.69, 9.17) is 0 Å². The van der Waals surface area contributed by atoms with E-state index in [2.05, 4.69) is 51.0 Å². The van der Waals surface area contributed by atoms with Crippen LogP contribution in [-0.4, -0.2) is 0 Å². The molecular weight excluding hydrogens is 252 g/mol. The van der Waals surface area contributed by atoms with Gasteiger partial charge in [-0.05, 0) is 22.9 Å². The van der Waals surface area contributed by atoms with Gasteiger partial charge in [-0.1, -0.05) is 28.1 Å². The molecule has 0 fully saturated rings. The van der Waals surface area contributed by atoms with E-state index >= 15 is 0 Å². The molecule has 0 unspecified atom stereocenters. The van der Waals surface area contributed by atoms with Gasteiger partial charge in [-0.3, -0.25) is 0 Å². The summed E-state index contributed by atoms with van der Waals surface area (Å²) in [6, 6.07) is 8.48. The molecule has 0 atom stereocenters. The van der Waals surface area contributed by atoms with E-state index in [0.29, 0.717) is 4.83 Å². The Morgan fingerprint density at radius 1 is 1.00 bits per heavy atom. The zero-order chi connectivity index (χ0) is 8.39. The van der Waals surface area contributed by atoms with Crippen molar-refractivity contribution in [1.82, 2.24) is 0 Å². The molecule has 2 rings (SSSR count). The number of hydrogen-bond donors (Lipinski definition) is 0. The van der Waals surface area contributed by atoms with Crippen LogP contribution in [0.1, 0.15) is 14.6 Å². The van der Waals surface area contributed by atoms with Crippen LogP contribution < -0.4 is 0 Å². The van der Waals surface area contributed by atoms with Gasteiger partial charge >= 0.3 is 0 Å². The molecule has 2 heterocycles. The summed E-state index contributed by atoms with van der Waals surface area (Å²) >= 11 is 7.25. The van der Waals surface area contributed by atoms with Gasteiger partial charge in [0.25, 0.3) is 0 Å². The van der Waals surface area contributed by atoms with Gasteiger partial charge in [0.2, 0.25) is 0 Å². The van der Waals surface area contributed by atoms with E-state index in [1.165, 1.54) is 9.75 Å². The lowest BCUT2D eigenvalue weighted by molar-refractivity contribution is 1.29. The van der Waals surface area contributed by atoms with Crippen molar-refractivity contribution >= 4 is 38.6 Å². The van der Waals surface area contributed by atoms with Gasteiger partial charge < -0.3 is 0 Å². The molecule has 2 aromatic heterocycles. The number of thiophene rings is 2. The van der Waals surface area contributed by atoms with Gasteiger partial charge in [0.05, 0.1) is 4.83 Å². The van der Waals surface area contributed by atoms with Gasteiger partial charge in [0.1, 0.15) is 0 Å². The minimum atomic E-state index is 0.387. The second kappa shape index (κ2) is 3.73. The molecule has 0 aliphatic carbocycles. The maximum Gasteiger partial charge on any atom is 0.0830 e. The Morgan fingerprint density at radius 3 is 1.83 bits per heavy atom. The van der Waals surface area contributed by atoms with Crippen LogP contribution >= 0.6 is 38.6 Å². The van der Waals surface area contributed by atoms with Crippen molar-refractivity contribution < 1.29 is 0 Å². The van der Waals surface area contributed by atoms with E-state index in [-0.39, 0.29) is 0 Å². The molecule has 2 aromatic rings. The summed E-state index contributed by atoms with van der Waals surface area (Å²) in [5.41, 5.74) is 0. The normalized spacial score (nSPS) is 10.8. The number of alkyl halides is 1. The van der Waals surface area contributed by atoms with E-state index in [0.717, 1.165) is 0 Å². The first kappa shape index (κ1) is 8.48. The van der Waals surface area contributed by atoms with Gasteiger partial charge in [0, 0.05) is 9.75 Å². The smallest absolute Gasteiger partial charge is 0.0830 e. The highest BCUT2D eigenvalue weighted by Gasteiger charge is 2.10. The lowest BCUT2D eigenvalue weighted by Crippen LogP contribution is -1.82. The van der Waals surface area contributed by atoms with E-state index in [1.54, 1.807) is 22.7 Å². The third-order valence-corrected chi connectivity index (χ3v) is 5.05. The average molecular weight is 259 g/mol. The standard InChI is InChI=1S/C9H7BrS2/c10-9(7-3-1-5-11-7)8-4-2-6-12-8/h1-6,9H. The predicted molar refractivity (Wildman–Crippen MR) is 59.4 cm³/mol. The first-order chi connectivity index (χ1) is 5.88. The van der Waals surface area contributed by atoms with Crippen LogP contribution in [0, 0.1) is 0 Å². The van der Waals surface area contributed by atoms with Crippen molar-refractivity contribution in [3.05, 3.63) is 44.8 Å². The summed E-state index contributed by atoms with van der Waals surface area (Å²) in [6.45, 7) is 0. The fourth-order valence-electron chi connectivity index (χ4n) is 1.01. The van der Waals surface area contributed by atoms with Crippen LogP contribution in [0.5, 0.6) is 0 Å². The zero-order valence-corrected chi connectivity index (χ0v) is 9.45. The Hall–Kier alpha value is -0.120. The Labute approximate surface area is 88.0 Å². The summed E-state index contributed by atoms with van der Waals surface area (Å²) in [7, 11) is 0. The largest absolute Gasteiger partial charge is 0.147 e. The highest BCUT2D eigenvalue weighted by atomic mass is 79.9. The van der Waals surface area contributed by atoms with Crippen molar-refractivity contribution in [2.75, 3.05) is 0 Å². The van der Waals surface area contributed by atoms with E-state index in [1.807, 2.05) is 0 Å². The molecule has 0 radical (unpaired) electrons. The minimum Gasteiger partial charge on any atom is -0.147 e. The molecule has 0 saturated carbocycles. The summed E-state index contributed by atoms with van der Waals surface area (Å²) in [4.78, 5) is 3.13. The Bertz CT molecular complexity index is 289. The summed E-state index contributed by atoms with van der Waals surface area (Å²) in [5.74, 6) is 0. The zero-order valence-electron chi connectivity index (χ0n) is 6.24. The lowest BCUT2D eigenvalue weighted by Gasteiger charge is -2.02. The highest BCUT2D eigenvalue weighted by Crippen LogP contribution is 2.35. The van der Waals surface area contributed by atoms with Crippen LogP contribution in [0.4, 0.5) is 0 Å². The van der Waals surface area contributed by atoms with Crippen LogP contribution in [0.25, 0.3) is 0 Å². The van der Waals surface area contributed by atoms with Crippen molar-refractivity contribution in [2.45, 2.75) is 4.83 Å². The van der Waals surface area contributed by atoms with Crippen LogP contribution in [0.15, 0.2) is 35.0 Å². The third kappa shape index (κ3) is 1.63. The molecule has 0 bridgehead atoms. The second-order valence-electron chi connectivity index (χ2n) is 2.39. The second-order valence-corrected chi connectivity index (χ2v) is 5.27. The minimum absolute atomic E-state index is 0.387. The molecule has 0 aromatic carbocycles. The molecule has 0 aliphatic rings. The van der Waals surface area contributed by atoms with Crippen molar-refractivity contribution in [1.29, 1.82) is 0 Å². The van der Waals surface area contributed by atoms with Crippen molar-refractivity contribution in [2.24, 2.45) is 0 Å². The molecule has 0 amide bonds. The SMILES string of the molecule is BrC(c1cccs1)c1cccs1. The highest BCUT2D eigenvalue weighted by molar-refractivity contribution is 9.09. The first-order valence-electron chi connectivity index (χ1n) is 3.59. The fourth-order valence-corrected chi connectivity index (χ4v) is 3.47. The van der Waals surface area contributed by atoms with Crippen molar-refractivity contribution in [3.8, 4) is 0 Å². The summed E-state index contributed by atoms with van der Waals surface area (Å²) in [6.07, 6.45) is 0. The van der Waals surface area contributed by atoms with Gasteiger partial charge in [0.15, 0.2) is 0 Å². The molecular formula is C9H7BrS2. The molecule has 0 saturated heterocycles. The molecule has 0 aliphatic heterocycles. The fraction of sp³-hybridized carbons (Fsp3) is 0.111. The monoisotopic (exact) mass is 258 g/mol. The predicted octanol–water partition coefficient (Wildman–Crippen LogP) is 4.29.